The number of carbonyl (C=O) groups excluding carboxylic acids is 2. The monoisotopic (exact) mass is 531 g/mol. The van der Waals surface area contributed by atoms with E-state index in [1.807, 2.05) is 25.1 Å². The lowest BCUT2D eigenvalue weighted by Gasteiger charge is -2.41. The number of nitrogens with zero attached hydrogens (tertiary/aromatic N) is 4. The first-order valence-electron chi connectivity index (χ1n) is 13.6. The van der Waals surface area contributed by atoms with Gasteiger partial charge in [-0.2, -0.15) is 13.2 Å². The van der Waals surface area contributed by atoms with Gasteiger partial charge in [-0.05, 0) is 44.6 Å². The summed E-state index contributed by atoms with van der Waals surface area (Å²) in [5.74, 6) is -0.0213. The van der Waals surface area contributed by atoms with Crippen molar-refractivity contribution in [2.45, 2.75) is 95.7 Å². The van der Waals surface area contributed by atoms with Gasteiger partial charge in [0.25, 0.3) is 0 Å². The first-order chi connectivity index (χ1) is 18.1. The van der Waals surface area contributed by atoms with E-state index >= 15 is 0 Å². The lowest BCUT2D eigenvalue weighted by Crippen LogP contribution is -2.45. The SMILES string of the molecule is CC(=O)N[C@@H](CCN1[C@@H]2CC[C@H]1C[C@@H](n1c(C)nc3c1CN(C(=O)CC(F)(F)F)CC3)C2)c1ccccc1. The van der Waals surface area contributed by atoms with Crippen LogP contribution in [0.25, 0.3) is 0 Å². The maximum absolute atomic E-state index is 12.8. The van der Waals surface area contributed by atoms with Gasteiger partial charge in [-0.15, -0.1) is 0 Å². The van der Waals surface area contributed by atoms with Crippen LogP contribution >= 0.6 is 0 Å². The molecule has 1 aromatic heterocycles. The minimum atomic E-state index is -4.50. The van der Waals surface area contributed by atoms with Gasteiger partial charge >= 0.3 is 6.18 Å². The van der Waals surface area contributed by atoms with E-state index in [4.69, 9.17) is 4.98 Å². The largest absolute Gasteiger partial charge is 0.397 e. The van der Waals surface area contributed by atoms with Gasteiger partial charge in [-0.1, -0.05) is 30.3 Å². The number of nitrogens with one attached hydrogen (secondary N) is 1. The zero-order valence-corrected chi connectivity index (χ0v) is 22.0. The molecule has 10 heteroatoms. The molecule has 2 amide bonds. The molecule has 1 N–H and O–H groups in total. The van der Waals surface area contributed by atoms with Crippen molar-refractivity contribution in [3.05, 3.63) is 53.1 Å². The summed E-state index contributed by atoms with van der Waals surface area (Å²) in [7, 11) is 0. The highest BCUT2D eigenvalue weighted by Gasteiger charge is 2.43. The van der Waals surface area contributed by atoms with Crippen molar-refractivity contribution in [3.8, 4) is 0 Å². The number of piperidine rings is 1. The van der Waals surface area contributed by atoms with Gasteiger partial charge < -0.3 is 14.8 Å². The predicted octanol–water partition coefficient (Wildman–Crippen LogP) is 4.46. The van der Waals surface area contributed by atoms with E-state index in [0.717, 1.165) is 61.4 Å². The number of rotatable bonds is 7. The van der Waals surface area contributed by atoms with Crippen LogP contribution in [-0.2, 0) is 22.6 Å². The lowest BCUT2D eigenvalue weighted by atomic mass is 9.95. The van der Waals surface area contributed by atoms with Crippen LogP contribution < -0.4 is 5.32 Å². The summed E-state index contributed by atoms with van der Waals surface area (Å²) < 4.78 is 40.7. The Labute approximate surface area is 221 Å². The van der Waals surface area contributed by atoms with Gasteiger partial charge in [0.1, 0.15) is 12.2 Å². The summed E-state index contributed by atoms with van der Waals surface area (Å²) in [5.41, 5.74) is 2.92. The van der Waals surface area contributed by atoms with E-state index in [1.165, 1.54) is 4.90 Å². The molecule has 3 aliphatic rings. The van der Waals surface area contributed by atoms with Crippen molar-refractivity contribution in [2.24, 2.45) is 0 Å². The molecular weight excluding hydrogens is 495 g/mol. The third kappa shape index (κ3) is 5.75. The molecule has 0 unspecified atom stereocenters. The molecule has 0 aliphatic carbocycles. The topological polar surface area (TPSA) is 70.5 Å². The Hall–Kier alpha value is -2.88. The summed E-state index contributed by atoms with van der Waals surface area (Å²) in [6, 6.07) is 11.1. The summed E-state index contributed by atoms with van der Waals surface area (Å²) in [4.78, 5) is 32.9. The maximum Gasteiger partial charge on any atom is 0.397 e. The van der Waals surface area contributed by atoms with Crippen LogP contribution in [0.15, 0.2) is 30.3 Å². The Bertz CT molecular complexity index is 1150. The van der Waals surface area contributed by atoms with Crippen LogP contribution in [0.2, 0.25) is 0 Å². The predicted molar refractivity (Wildman–Crippen MR) is 136 cm³/mol. The van der Waals surface area contributed by atoms with Crippen molar-refractivity contribution in [3.63, 3.8) is 0 Å². The molecule has 2 fully saturated rings. The Kier molecular flexibility index (Phi) is 7.53. The van der Waals surface area contributed by atoms with Crippen molar-refractivity contribution in [2.75, 3.05) is 13.1 Å². The Morgan fingerprint density at radius 1 is 1.11 bits per heavy atom. The smallest absolute Gasteiger partial charge is 0.349 e. The molecule has 0 spiro atoms. The fourth-order valence-electron chi connectivity index (χ4n) is 6.85. The standard InChI is InChI=1S/C28H36F3N5O2/c1-18-32-25-10-12-34(27(38)16-28(29,30)31)17-26(25)36(18)23-14-21-8-9-22(15-23)35(21)13-11-24(33-19(2)37)20-6-4-3-5-7-20/h3-7,21-24H,8-17H2,1-2H3,(H,33,37)/t21-,22+,23+,24-/m0/s1. The van der Waals surface area contributed by atoms with Crippen molar-refractivity contribution >= 4 is 11.8 Å². The highest BCUT2D eigenvalue weighted by Crippen LogP contribution is 2.43. The summed E-state index contributed by atoms with van der Waals surface area (Å²) >= 11 is 0. The zero-order valence-electron chi connectivity index (χ0n) is 22.0. The average molecular weight is 532 g/mol. The fraction of sp³-hybridized carbons (Fsp3) is 0.607. The third-order valence-electron chi connectivity index (χ3n) is 8.41. The molecule has 206 valence electrons. The normalized spacial score (nSPS) is 24.2. The Morgan fingerprint density at radius 3 is 2.42 bits per heavy atom. The highest BCUT2D eigenvalue weighted by molar-refractivity contribution is 5.77. The van der Waals surface area contributed by atoms with Crippen LogP contribution in [-0.4, -0.2) is 62.5 Å². The van der Waals surface area contributed by atoms with E-state index in [1.54, 1.807) is 6.92 Å². The second-order valence-corrected chi connectivity index (χ2v) is 11.0. The van der Waals surface area contributed by atoms with Crippen molar-refractivity contribution < 1.29 is 22.8 Å². The number of aromatic nitrogens is 2. The number of hydrogen-bond acceptors (Lipinski definition) is 4. The van der Waals surface area contributed by atoms with Gasteiger partial charge in [0, 0.05) is 44.6 Å². The number of amides is 2. The molecule has 2 bridgehead atoms. The number of alkyl halides is 3. The molecule has 4 atom stereocenters. The molecule has 1 aromatic carbocycles. The van der Waals surface area contributed by atoms with Gasteiger partial charge in [-0.3, -0.25) is 14.5 Å². The molecule has 4 heterocycles. The maximum atomic E-state index is 12.8. The number of hydrogen-bond donors (Lipinski definition) is 1. The second-order valence-electron chi connectivity index (χ2n) is 11.0. The zero-order chi connectivity index (χ0) is 27.0. The van der Waals surface area contributed by atoms with Gasteiger partial charge in [0.2, 0.25) is 11.8 Å². The summed E-state index contributed by atoms with van der Waals surface area (Å²) in [6.45, 7) is 4.88. The van der Waals surface area contributed by atoms with Crippen LogP contribution in [0.5, 0.6) is 0 Å². The molecule has 5 rings (SSSR count). The fourth-order valence-corrected chi connectivity index (χ4v) is 6.85. The van der Waals surface area contributed by atoms with Crippen molar-refractivity contribution in [1.29, 1.82) is 0 Å². The molecular formula is C28H36F3N5O2. The van der Waals surface area contributed by atoms with E-state index in [0.29, 0.717) is 18.5 Å². The van der Waals surface area contributed by atoms with Crippen molar-refractivity contribution in [1.82, 2.24) is 24.7 Å². The van der Waals surface area contributed by atoms with Gasteiger partial charge in [0.15, 0.2) is 0 Å². The van der Waals surface area contributed by atoms with E-state index in [-0.39, 0.29) is 31.1 Å². The van der Waals surface area contributed by atoms with Gasteiger partial charge in [-0.25, -0.2) is 4.98 Å². The lowest BCUT2D eigenvalue weighted by molar-refractivity contribution is -0.162. The highest BCUT2D eigenvalue weighted by atomic mass is 19.4. The molecule has 2 aromatic rings. The number of carbonyl (C=O) groups is 2. The average Bonchev–Trinajstić information content (AvgIpc) is 3.31. The Morgan fingerprint density at radius 2 is 1.79 bits per heavy atom. The van der Waals surface area contributed by atoms with E-state index in [9.17, 15) is 22.8 Å². The minimum absolute atomic E-state index is 0.0334. The van der Waals surface area contributed by atoms with Crippen LogP contribution in [0.3, 0.4) is 0 Å². The second kappa shape index (κ2) is 10.7. The first-order valence-corrected chi connectivity index (χ1v) is 13.6. The van der Waals surface area contributed by atoms with Crippen LogP contribution in [0.1, 0.15) is 80.3 Å². The summed E-state index contributed by atoms with van der Waals surface area (Å²) in [6.07, 6.45) is -0.467. The molecule has 7 nitrogen and oxygen atoms in total. The Balaban J connectivity index is 1.27. The molecule has 0 saturated carbocycles. The molecule has 3 aliphatic heterocycles. The summed E-state index contributed by atoms with van der Waals surface area (Å²) in [5, 5.41) is 3.11. The van der Waals surface area contributed by atoms with E-state index in [2.05, 4.69) is 26.9 Å². The van der Waals surface area contributed by atoms with Gasteiger partial charge in [0.05, 0.1) is 24.0 Å². The quantitative estimate of drug-likeness (QED) is 0.573. The van der Waals surface area contributed by atoms with E-state index < -0.39 is 18.5 Å². The molecule has 2 saturated heterocycles. The number of imidazole rings is 1. The number of benzene rings is 1. The first kappa shape index (κ1) is 26.7. The van der Waals surface area contributed by atoms with Crippen LogP contribution in [0, 0.1) is 6.92 Å². The number of aryl methyl sites for hydroxylation is 1. The minimum Gasteiger partial charge on any atom is -0.349 e. The number of fused-ring (bicyclic) bond motifs is 3. The number of halogens is 3. The molecule has 0 radical (unpaired) electrons. The molecule has 38 heavy (non-hydrogen) atoms. The third-order valence-corrected chi connectivity index (χ3v) is 8.41. The van der Waals surface area contributed by atoms with Crippen LogP contribution in [0.4, 0.5) is 13.2 Å².